The van der Waals surface area contributed by atoms with E-state index in [1.54, 1.807) is 49.4 Å². The van der Waals surface area contributed by atoms with Crippen molar-refractivity contribution in [2.75, 3.05) is 16.3 Å². The minimum absolute atomic E-state index is 0.0346. The molecule has 0 unspecified atom stereocenters. The second-order valence-electron chi connectivity index (χ2n) is 7.44. The summed E-state index contributed by atoms with van der Waals surface area (Å²) in [7, 11) is 0. The molecule has 0 fully saturated rings. The highest BCUT2D eigenvalue weighted by atomic mass is 19.4. The van der Waals surface area contributed by atoms with Crippen molar-refractivity contribution in [1.29, 1.82) is 0 Å². The van der Waals surface area contributed by atoms with Gasteiger partial charge in [-0.25, -0.2) is 14.5 Å². The molecule has 1 aliphatic rings. The van der Waals surface area contributed by atoms with Gasteiger partial charge in [0, 0.05) is 6.54 Å². The molecule has 9 heteroatoms. The molecule has 0 atom stereocenters. The van der Waals surface area contributed by atoms with Crippen molar-refractivity contribution in [2.24, 2.45) is 0 Å². The largest absolute Gasteiger partial charge is 0.508 e. The van der Waals surface area contributed by atoms with Crippen LogP contribution >= 0.6 is 0 Å². The number of rotatable bonds is 4. The quantitative estimate of drug-likeness (QED) is 0.515. The number of urea groups is 2. The van der Waals surface area contributed by atoms with Gasteiger partial charge in [-0.3, -0.25) is 9.80 Å². The van der Waals surface area contributed by atoms with Crippen LogP contribution in [0.1, 0.15) is 18.1 Å². The van der Waals surface area contributed by atoms with E-state index >= 15 is 0 Å². The van der Waals surface area contributed by atoms with Crippen LogP contribution in [0.4, 0.5) is 39.8 Å². The number of phenols is 1. The average Bonchev–Trinajstić information content (AvgIpc) is 2.86. The molecule has 170 valence electrons. The van der Waals surface area contributed by atoms with Crippen molar-refractivity contribution in [3.05, 3.63) is 83.9 Å². The van der Waals surface area contributed by atoms with Crippen molar-refractivity contribution in [2.45, 2.75) is 19.6 Å². The van der Waals surface area contributed by atoms with E-state index in [-0.39, 0.29) is 30.2 Å². The number of alkyl halides is 3. The number of aromatic hydroxyl groups is 1. The number of nitrogens with zero attached hydrogens (tertiary/aromatic N) is 3. The van der Waals surface area contributed by atoms with E-state index in [1.165, 1.54) is 23.1 Å². The van der Waals surface area contributed by atoms with E-state index in [0.29, 0.717) is 11.3 Å². The molecule has 0 spiro atoms. The van der Waals surface area contributed by atoms with E-state index < -0.39 is 23.8 Å². The summed E-state index contributed by atoms with van der Waals surface area (Å²) >= 11 is 0. The Hall–Kier alpha value is -4.01. The van der Waals surface area contributed by atoms with Gasteiger partial charge >= 0.3 is 18.2 Å². The van der Waals surface area contributed by atoms with Crippen LogP contribution in [0.3, 0.4) is 0 Å². The first-order valence-corrected chi connectivity index (χ1v) is 10.2. The Kier molecular flexibility index (Phi) is 5.71. The highest BCUT2D eigenvalue weighted by Gasteiger charge is 2.40. The average molecular weight is 455 g/mol. The Morgan fingerprint density at radius 1 is 0.818 bits per heavy atom. The third-order valence-electron chi connectivity index (χ3n) is 5.30. The van der Waals surface area contributed by atoms with Crippen LogP contribution < -0.4 is 9.80 Å². The van der Waals surface area contributed by atoms with Crippen LogP contribution in [0.15, 0.2) is 72.8 Å². The second kappa shape index (κ2) is 8.50. The molecule has 0 aliphatic carbocycles. The van der Waals surface area contributed by atoms with Crippen molar-refractivity contribution in [3.63, 3.8) is 0 Å². The van der Waals surface area contributed by atoms with Crippen molar-refractivity contribution < 1.29 is 27.9 Å². The fraction of sp³-hybridized carbons (Fsp3) is 0.167. The van der Waals surface area contributed by atoms with Crippen molar-refractivity contribution >= 4 is 29.1 Å². The highest BCUT2D eigenvalue weighted by Crippen LogP contribution is 2.42. The number of hydrogen-bond acceptors (Lipinski definition) is 3. The smallest absolute Gasteiger partial charge is 0.416 e. The molecule has 33 heavy (non-hydrogen) atoms. The first kappa shape index (κ1) is 22.2. The maximum atomic E-state index is 13.7. The molecule has 4 rings (SSSR count). The third-order valence-corrected chi connectivity index (χ3v) is 5.30. The first-order valence-electron chi connectivity index (χ1n) is 10.2. The summed E-state index contributed by atoms with van der Waals surface area (Å²) in [6, 6.07) is 15.8. The number of fused-ring (bicyclic) bond motifs is 1. The predicted octanol–water partition coefficient (Wildman–Crippen LogP) is 6.13. The maximum absolute atomic E-state index is 13.7. The summed E-state index contributed by atoms with van der Waals surface area (Å²) < 4.78 is 40.6. The lowest BCUT2D eigenvalue weighted by Gasteiger charge is -2.27. The zero-order valence-electron chi connectivity index (χ0n) is 17.6. The topological polar surface area (TPSA) is 64.1 Å². The lowest BCUT2D eigenvalue weighted by molar-refractivity contribution is -0.137. The summed E-state index contributed by atoms with van der Waals surface area (Å²) in [4.78, 5) is 30.4. The molecule has 3 aromatic carbocycles. The normalized spacial score (nSPS) is 14.4. The number of imide groups is 1. The summed E-state index contributed by atoms with van der Waals surface area (Å²) in [6.07, 6.45) is -4.63. The van der Waals surface area contributed by atoms with Gasteiger partial charge in [-0.2, -0.15) is 13.2 Å². The van der Waals surface area contributed by atoms with Crippen molar-refractivity contribution in [3.8, 4) is 5.75 Å². The van der Waals surface area contributed by atoms with Gasteiger partial charge in [0.25, 0.3) is 0 Å². The molecule has 0 bridgehead atoms. The first-order chi connectivity index (χ1) is 15.7. The van der Waals surface area contributed by atoms with Gasteiger partial charge in [0.1, 0.15) is 5.75 Å². The van der Waals surface area contributed by atoms with Gasteiger partial charge in [0.15, 0.2) is 0 Å². The van der Waals surface area contributed by atoms with Crippen molar-refractivity contribution in [1.82, 2.24) is 4.90 Å². The fourth-order valence-corrected chi connectivity index (χ4v) is 3.77. The van der Waals surface area contributed by atoms with E-state index in [1.807, 2.05) is 0 Å². The fourth-order valence-electron chi connectivity index (χ4n) is 3.77. The van der Waals surface area contributed by atoms with Gasteiger partial charge < -0.3 is 5.11 Å². The number of anilines is 3. The second-order valence-corrected chi connectivity index (χ2v) is 7.44. The molecule has 1 heterocycles. The summed E-state index contributed by atoms with van der Waals surface area (Å²) in [6.45, 7) is 1.63. The number of carbonyl (C=O) groups excluding carboxylic acids is 2. The number of para-hydroxylation sites is 1. The van der Waals surface area contributed by atoms with Crippen LogP contribution in [0.2, 0.25) is 0 Å². The Morgan fingerprint density at radius 2 is 1.55 bits per heavy atom. The molecule has 0 saturated heterocycles. The van der Waals surface area contributed by atoms with Gasteiger partial charge in [-0.05, 0) is 55.0 Å². The number of benzene rings is 3. The number of amides is 4. The minimum Gasteiger partial charge on any atom is -0.508 e. The highest BCUT2D eigenvalue weighted by molar-refractivity contribution is 6.16. The Bertz CT molecular complexity index is 1200. The molecule has 4 amide bonds. The molecule has 0 aromatic heterocycles. The Balaban J connectivity index is 1.91. The van der Waals surface area contributed by atoms with Crippen LogP contribution in [0.25, 0.3) is 0 Å². The Morgan fingerprint density at radius 3 is 2.18 bits per heavy atom. The Labute approximate surface area is 188 Å². The van der Waals surface area contributed by atoms with Crippen LogP contribution in [-0.4, -0.2) is 28.6 Å². The lowest BCUT2D eigenvalue weighted by Crippen LogP contribution is -2.47. The van der Waals surface area contributed by atoms with E-state index in [4.69, 9.17) is 0 Å². The zero-order chi connectivity index (χ0) is 23.8. The van der Waals surface area contributed by atoms with Gasteiger partial charge in [0.2, 0.25) is 0 Å². The van der Waals surface area contributed by atoms with Crippen LogP contribution in [0, 0.1) is 0 Å². The molecule has 3 aromatic rings. The van der Waals surface area contributed by atoms with E-state index in [0.717, 1.165) is 21.9 Å². The SMILES string of the molecule is CCN1C(=O)N(Cc2cccc(O)c2)C(=O)N(c2ccccc2)c2cc(C(F)(F)F)ccc21. The monoisotopic (exact) mass is 455 g/mol. The molecule has 6 nitrogen and oxygen atoms in total. The van der Waals surface area contributed by atoms with Gasteiger partial charge in [-0.1, -0.05) is 30.3 Å². The predicted molar refractivity (Wildman–Crippen MR) is 117 cm³/mol. The number of halogens is 3. The van der Waals surface area contributed by atoms with Crippen LogP contribution in [-0.2, 0) is 12.7 Å². The minimum atomic E-state index is -4.63. The summed E-state index contributed by atoms with van der Waals surface area (Å²) in [5.41, 5.74) is 0.0121. The zero-order valence-corrected chi connectivity index (χ0v) is 17.6. The molecular weight excluding hydrogens is 435 g/mol. The molecule has 1 aliphatic heterocycles. The molecule has 0 saturated carbocycles. The van der Waals surface area contributed by atoms with Gasteiger partial charge in [-0.15, -0.1) is 0 Å². The third kappa shape index (κ3) is 4.21. The molecular formula is C24H20F3N3O3. The van der Waals surface area contributed by atoms with E-state index in [2.05, 4.69) is 0 Å². The van der Waals surface area contributed by atoms with E-state index in [9.17, 15) is 27.9 Å². The number of carbonyl (C=O) groups is 2. The summed E-state index contributed by atoms with van der Waals surface area (Å²) in [5, 5.41) is 9.79. The molecule has 1 N–H and O–H groups in total. The van der Waals surface area contributed by atoms with Gasteiger partial charge in [0.05, 0.1) is 29.2 Å². The van der Waals surface area contributed by atoms with Crippen LogP contribution in [0.5, 0.6) is 5.75 Å². The lowest BCUT2D eigenvalue weighted by atomic mass is 10.1. The maximum Gasteiger partial charge on any atom is 0.416 e. The standard InChI is InChI=1S/C24H20F3N3O3/c1-2-28-20-12-11-17(24(25,26)27)14-21(20)30(18-8-4-3-5-9-18)23(33)29(22(28)32)15-16-7-6-10-19(31)13-16/h3-14,31H,2,15H2,1H3. The number of hydrogen-bond donors (Lipinski definition) is 1. The summed E-state index contributed by atoms with van der Waals surface area (Å²) in [5.74, 6) is -0.0346. The number of phenolic OH excluding ortho intramolecular Hbond substituents is 1. The molecule has 0 radical (unpaired) electrons.